The van der Waals surface area contributed by atoms with E-state index in [0.717, 1.165) is 6.42 Å². The van der Waals surface area contributed by atoms with Gasteiger partial charge in [0, 0.05) is 0 Å². The summed E-state index contributed by atoms with van der Waals surface area (Å²) in [6.07, 6.45) is 22.5. The zero-order chi connectivity index (χ0) is 11.9. The molecule has 0 aliphatic rings. The maximum Gasteiger partial charge on any atom is -0.0169 e. The van der Waals surface area contributed by atoms with Crippen molar-refractivity contribution in [2.75, 3.05) is 0 Å². The Labute approximate surface area is 103 Å². The van der Waals surface area contributed by atoms with Crippen molar-refractivity contribution in [1.82, 2.24) is 0 Å². The fourth-order valence-corrected chi connectivity index (χ4v) is 1.69. The highest BCUT2D eigenvalue weighted by Crippen LogP contribution is 2.05. The summed E-state index contributed by atoms with van der Waals surface area (Å²) in [7, 11) is 0. The van der Waals surface area contributed by atoms with Gasteiger partial charge in [0.05, 0.1) is 0 Å². The minimum atomic E-state index is 1.12. The maximum absolute atomic E-state index is 2.34. The normalized spacial score (nSPS) is 11.9. The molecule has 0 aliphatic heterocycles. The summed E-state index contributed by atoms with van der Waals surface area (Å²) in [5, 5.41) is 0. The molecule has 0 fully saturated rings. The molecule has 0 bridgehead atoms. The number of hydrogen-bond donors (Lipinski definition) is 0. The molecule has 94 valence electrons. The lowest BCUT2D eigenvalue weighted by molar-refractivity contribution is 0.637. The van der Waals surface area contributed by atoms with Crippen LogP contribution in [0, 0.1) is 0 Å². The van der Waals surface area contributed by atoms with E-state index in [1.807, 2.05) is 0 Å². The molecule has 0 spiro atoms. The molecule has 0 aliphatic carbocycles. The third-order valence-electron chi connectivity index (χ3n) is 2.80. The van der Waals surface area contributed by atoms with E-state index >= 15 is 0 Å². The third-order valence-corrected chi connectivity index (χ3v) is 2.80. The molecule has 0 aromatic carbocycles. The van der Waals surface area contributed by atoms with Gasteiger partial charge < -0.3 is 0 Å². The van der Waals surface area contributed by atoms with Crippen LogP contribution in [-0.2, 0) is 0 Å². The second-order valence-electron chi connectivity index (χ2n) is 4.52. The van der Waals surface area contributed by atoms with Crippen LogP contribution in [0.1, 0.15) is 78.1 Å². The molecule has 0 heteroatoms. The predicted molar refractivity (Wildman–Crippen MR) is 75.8 cm³/mol. The molecular weight excluding hydrogens is 192 g/mol. The van der Waals surface area contributed by atoms with Gasteiger partial charge in [-0.15, -0.1) is 0 Å². The van der Waals surface area contributed by atoms with Gasteiger partial charge in [-0.3, -0.25) is 0 Å². The zero-order valence-electron chi connectivity index (χ0n) is 11.4. The predicted octanol–water partition coefficient (Wildman–Crippen LogP) is 6.04. The monoisotopic (exact) mass is 222 g/mol. The van der Waals surface area contributed by atoms with E-state index in [9.17, 15) is 0 Å². The molecule has 0 heterocycles. The number of rotatable bonds is 11. The van der Waals surface area contributed by atoms with Crippen molar-refractivity contribution in [3.05, 3.63) is 24.3 Å². The van der Waals surface area contributed by atoms with Crippen molar-refractivity contribution in [1.29, 1.82) is 0 Å². The summed E-state index contributed by atoms with van der Waals surface area (Å²) < 4.78 is 0. The Bertz CT molecular complexity index is 165. The summed E-state index contributed by atoms with van der Waals surface area (Å²) in [6.45, 7) is 4.51. The lowest BCUT2D eigenvalue weighted by atomic mass is 10.1. The van der Waals surface area contributed by atoms with Crippen LogP contribution < -0.4 is 0 Å². The Balaban J connectivity index is 3.12. The fourth-order valence-electron chi connectivity index (χ4n) is 1.69. The molecule has 0 atom stereocenters. The van der Waals surface area contributed by atoms with Crippen LogP contribution in [0.5, 0.6) is 0 Å². The largest absolute Gasteiger partial charge is 0.0882 e. The van der Waals surface area contributed by atoms with E-state index in [2.05, 4.69) is 38.2 Å². The standard InChI is InChI=1S/C16H30/c1-3-5-7-9-11-13-15-16-14-12-10-8-6-4-2/h9,11,15-16H,3-8,10,12-14H2,1-2H3/b11-9-,16-15-. The molecule has 0 saturated heterocycles. The van der Waals surface area contributed by atoms with Crippen molar-refractivity contribution in [2.45, 2.75) is 78.1 Å². The van der Waals surface area contributed by atoms with Crippen molar-refractivity contribution in [3.8, 4) is 0 Å². The highest BCUT2D eigenvalue weighted by molar-refractivity contribution is 4.92. The van der Waals surface area contributed by atoms with Crippen LogP contribution in [0.15, 0.2) is 24.3 Å². The van der Waals surface area contributed by atoms with Crippen LogP contribution in [0.4, 0.5) is 0 Å². The first-order valence-corrected chi connectivity index (χ1v) is 7.21. The van der Waals surface area contributed by atoms with E-state index in [4.69, 9.17) is 0 Å². The van der Waals surface area contributed by atoms with E-state index in [0.29, 0.717) is 0 Å². The molecule has 16 heavy (non-hydrogen) atoms. The topological polar surface area (TPSA) is 0 Å². The number of unbranched alkanes of at least 4 members (excludes halogenated alkanes) is 7. The summed E-state index contributed by atoms with van der Waals surface area (Å²) in [4.78, 5) is 0. The lowest BCUT2D eigenvalue weighted by Gasteiger charge is -1.95. The number of allylic oxidation sites excluding steroid dienone is 4. The van der Waals surface area contributed by atoms with Gasteiger partial charge in [-0.05, 0) is 25.7 Å². The van der Waals surface area contributed by atoms with Gasteiger partial charge in [-0.2, -0.15) is 0 Å². The fraction of sp³-hybridized carbons (Fsp3) is 0.750. The van der Waals surface area contributed by atoms with E-state index in [1.165, 1.54) is 57.8 Å². The van der Waals surface area contributed by atoms with Crippen LogP contribution >= 0.6 is 0 Å². The van der Waals surface area contributed by atoms with Gasteiger partial charge >= 0.3 is 0 Å². The van der Waals surface area contributed by atoms with Gasteiger partial charge in [-0.1, -0.05) is 76.7 Å². The molecular formula is C16H30. The molecule has 0 rings (SSSR count). The van der Waals surface area contributed by atoms with Crippen molar-refractivity contribution in [2.24, 2.45) is 0 Å². The van der Waals surface area contributed by atoms with E-state index in [1.54, 1.807) is 0 Å². The van der Waals surface area contributed by atoms with Gasteiger partial charge in [0.15, 0.2) is 0 Å². The highest BCUT2D eigenvalue weighted by atomic mass is 13.9. The quantitative estimate of drug-likeness (QED) is 0.295. The summed E-state index contributed by atoms with van der Waals surface area (Å²) in [5.41, 5.74) is 0. The van der Waals surface area contributed by atoms with Crippen LogP contribution in [0.25, 0.3) is 0 Å². The van der Waals surface area contributed by atoms with Gasteiger partial charge in [0.1, 0.15) is 0 Å². The summed E-state index contributed by atoms with van der Waals surface area (Å²) >= 11 is 0. The van der Waals surface area contributed by atoms with Crippen molar-refractivity contribution in [3.63, 3.8) is 0 Å². The van der Waals surface area contributed by atoms with Crippen LogP contribution in [0.3, 0.4) is 0 Å². The Morgan fingerprint density at radius 3 is 1.75 bits per heavy atom. The molecule has 0 N–H and O–H groups in total. The number of hydrogen-bond acceptors (Lipinski definition) is 0. The first-order valence-electron chi connectivity index (χ1n) is 7.21. The van der Waals surface area contributed by atoms with Gasteiger partial charge in [-0.25, -0.2) is 0 Å². The van der Waals surface area contributed by atoms with Gasteiger partial charge in [0.2, 0.25) is 0 Å². The third kappa shape index (κ3) is 13.5. The first-order chi connectivity index (χ1) is 7.91. The molecule has 0 aromatic rings. The Hall–Kier alpha value is -0.520. The molecule has 0 amide bonds. The SMILES string of the molecule is CCCC/C=C\C/C=C\CCCCCCC. The van der Waals surface area contributed by atoms with E-state index in [-0.39, 0.29) is 0 Å². The second kappa shape index (κ2) is 14.5. The Morgan fingerprint density at radius 1 is 0.562 bits per heavy atom. The first kappa shape index (κ1) is 15.5. The molecule has 0 unspecified atom stereocenters. The van der Waals surface area contributed by atoms with Crippen LogP contribution in [0.2, 0.25) is 0 Å². The molecule has 0 radical (unpaired) electrons. The smallest absolute Gasteiger partial charge is 0.0169 e. The van der Waals surface area contributed by atoms with Crippen molar-refractivity contribution < 1.29 is 0 Å². The highest BCUT2D eigenvalue weighted by Gasteiger charge is 1.85. The second-order valence-corrected chi connectivity index (χ2v) is 4.52. The average Bonchev–Trinajstić information content (AvgIpc) is 2.31. The van der Waals surface area contributed by atoms with Crippen molar-refractivity contribution >= 4 is 0 Å². The Morgan fingerprint density at radius 2 is 1.12 bits per heavy atom. The van der Waals surface area contributed by atoms with Gasteiger partial charge in [0.25, 0.3) is 0 Å². The summed E-state index contributed by atoms with van der Waals surface area (Å²) in [6, 6.07) is 0. The molecule has 0 aromatic heterocycles. The minimum absolute atomic E-state index is 1.12. The Kier molecular flexibility index (Phi) is 14.0. The van der Waals surface area contributed by atoms with E-state index < -0.39 is 0 Å². The minimum Gasteiger partial charge on any atom is -0.0882 e. The maximum atomic E-state index is 2.34. The summed E-state index contributed by atoms with van der Waals surface area (Å²) in [5.74, 6) is 0. The van der Waals surface area contributed by atoms with Crippen LogP contribution in [-0.4, -0.2) is 0 Å². The molecule has 0 saturated carbocycles. The zero-order valence-corrected chi connectivity index (χ0v) is 11.4. The molecule has 0 nitrogen and oxygen atoms in total. The average molecular weight is 222 g/mol. The lowest BCUT2D eigenvalue weighted by Crippen LogP contribution is -1.75.